The molecule has 0 saturated heterocycles. The third-order valence-corrected chi connectivity index (χ3v) is 6.38. The monoisotopic (exact) mass is 452 g/mol. The van der Waals surface area contributed by atoms with Crippen molar-refractivity contribution in [2.75, 3.05) is 11.3 Å². The van der Waals surface area contributed by atoms with Gasteiger partial charge in [0.2, 0.25) is 0 Å². The molecule has 7 nitrogen and oxygen atoms in total. The van der Waals surface area contributed by atoms with Crippen molar-refractivity contribution >= 4 is 32.7 Å². The Kier molecular flexibility index (Phi) is 5.91. The molecule has 4 rings (SSSR count). The van der Waals surface area contributed by atoms with Gasteiger partial charge in [0.25, 0.3) is 15.9 Å². The number of anilines is 1. The van der Waals surface area contributed by atoms with Gasteiger partial charge in [0, 0.05) is 24.3 Å². The molecule has 0 unspecified atom stereocenters. The number of rotatable bonds is 7. The van der Waals surface area contributed by atoms with Crippen molar-refractivity contribution in [3.05, 3.63) is 90.0 Å². The minimum atomic E-state index is -3.99. The number of sulfonamides is 1. The van der Waals surface area contributed by atoms with E-state index in [4.69, 9.17) is 0 Å². The second kappa shape index (κ2) is 8.80. The molecule has 1 heterocycles. The summed E-state index contributed by atoms with van der Waals surface area (Å²) in [7, 11) is -3.99. The number of hydrogen-bond donors (Lipinski definition) is 2. The first-order valence-electron chi connectivity index (χ1n) is 9.90. The lowest BCUT2D eigenvalue weighted by atomic mass is 10.2. The number of aryl methyl sites for hydroxylation is 1. The highest BCUT2D eigenvalue weighted by atomic mass is 32.2. The zero-order valence-electron chi connectivity index (χ0n) is 17.2. The molecule has 0 spiro atoms. The zero-order valence-corrected chi connectivity index (χ0v) is 18.1. The van der Waals surface area contributed by atoms with Gasteiger partial charge in [-0.25, -0.2) is 17.8 Å². The Bertz CT molecular complexity index is 1400. The summed E-state index contributed by atoms with van der Waals surface area (Å²) in [6.07, 6.45) is 1.72. The van der Waals surface area contributed by atoms with E-state index in [-0.39, 0.29) is 16.5 Å². The average molecular weight is 453 g/mol. The highest BCUT2D eigenvalue weighted by molar-refractivity contribution is 7.92. The molecule has 0 aliphatic carbocycles. The van der Waals surface area contributed by atoms with E-state index in [1.165, 1.54) is 24.3 Å². The van der Waals surface area contributed by atoms with Gasteiger partial charge in [-0.1, -0.05) is 24.3 Å². The van der Waals surface area contributed by atoms with E-state index in [9.17, 15) is 17.6 Å². The Labute approximate surface area is 185 Å². The van der Waals surface area contributed by atoms with Crippen LogP contribution in [0.25, 0.3) is 11.0 Å². The van der Waals surface area contributed by atoms with Gasteiger partial charge in [-0.2, -0.15) is 0 Å². The van der Waals surface area contributed by atoms with Gasteiger partial charge >= 0.3 is 0 Å². The topological polar surface area (TPSA) is 93.1 Å². The van der Waals surface area contributed by atoms with Gasteiger partial charge < -0.3 is 9.88 Å². The molecule has 0 aliphatic heterocycles. The second-order valence-corrected chi connectivity index (χ2v) is 8.96. The van der Waals surface area contributed by atoms with Crippen LogP contribution in [0.5, 0.6) is 0 Å². The molecule has 2 N–H and O–H groups in total. The molecule has 0 atom stereocenters. The van der Waals surface area contributed by atoms with Gasteiger partial charge in [0.1, 0.15) is 5.82 Å². The summed E-state index contributed by atoms with van der Waals surface area (Å²) in [4.78, 5) is 16.7. The minimum Gasteiger partial charge on any atom is -0.350 e. The van der Waals surface area contributed by atoms with Crippen molar-refractivity contribution in [2.24, 2.45) is 0 Å². The van der Waals surface area contributed by atoms with Crippen LogP contribution in [0.1, 0.15) is 15.9 Å². The van der Waals surface area contributed by atoms with Crippen LogP contribution in [0.2, 0.25) is 0 Å². The van der Waals surface area contributed by atoms with Crippen LogP contribution in [0.4, 0.5) is 10.1 Å². The summed E-state index contributed by atoms with van der Waals surface area (Å²) in [5, 5.41) is 2.82. The number of nitrogens with one attached hydrogen (secondary N) is 2. The number of amides is 1. The summed E-state index contributed by atoms with van der Waals surface area (Å²) in [5.74, 6) is -0.941. The fourth-order valence-corrected chi connectivity index (χ4v) is 4.32. The molecule has 0 bridgehead atoms. The Morgan fingerprint density at radius 2 is 1.88 bits per heavy atom. The SMILES string of the molecule is Cc1ccc(S(=O)(=O)Nc2cccc(C(=O)NCCn3cnc4ccccc43)c2)cc1F. The molecule has 1 amide bonds. The van der Waals surface area contributed by atoms with Crippen LogP contribution in [0, 0.1) is 12.7 Å². The number of carbonyl (C=O) groups is 1. The van der Waals surface area contributed by atoms with Crippen molar-refractivity contribution in [2.45, 2.75) is 18.4 Å². The molecule has 0 saturated carbocycles. The van der Waals surface area contributed by atoms with Gasteiger partial charge in [-0.15, -0.1) is 0 Å². The molecule has 4 aromatic rings. The Hall–Kier alpha value is -3.72. The largest absolute Gasteiger partial charge is 0.350 e. The van der Waals surface area contributed by atoms with Crippen LogP contribution in [-0.2, 0) is 16.6 Å². The molecular formula is C23H21FN4O3S. The number of para-hydroxylation sites is 2. The van der Waals surface area contributed by atoms with Crippen molar-refractivity contribution in [1.29, 1.82) is 0 Å². The Morgan fingerprint density at radius 3 is 2.69 bits per heavy atom. The first-order valence-corrected chi connectivity index (χ1v) is 11.4. The minimum absolute atomic E-state index is 0.192. The second-order valence-electron chi connectivity index (χ2n) is 7.28. The number of nitrogens with zero attached hydrogens (tertiary/aromatic N) is 2. The highest BCUT2D eigenvalue weighted by Gasteiger charge is 2.17. The standard InChI is InChI=1S/C23H21FN4O3S/c1-16-9-10-19(14-20(16)24)32(30,31)27-18-6-4-5-17(13-18)23(29)25-11-12-28-15-26-21-7-2-3-8-22(21)28/h2-10,13-15,27H,11-12H2,1H3,(H,25,29). The lowest BCUT2D eigenvalue weighted by molar-refractivity contribution is 0.0952. The van der Waals surface area contributed by atoms with Crippen LogP contribution in [0.15, 0.2) is 78.0 Å². The summed E-state index contributed by atoms with van der Waals surface area (Å²) in [6.45, 7) is 2.46. The predicted molar refractivity (Wildman–Crippen MR) is 120 cm³/mol. The molecule has 0 aliphatic rings. The average Bonchev–Trinajstić information content (AvgIpc) is 3.18. The normalized spacial score (nSPS) is 11.4. The lowest BCUT2D eigenvalue weighted by Gasteiger charge is -2.11. The van der Waals surface area contributed by atoms with Gasteiger partial charge in [0.05, 0.1) is 22.3 Å². The maximum absolute atomic E-state index is 13.8. The maximum Gasteiger partial charge on any atom is 0.261 e. The van der Waals surface area contributed by atoms with E-state index in [0.717, 1.165) is 17.1 Å². The van der Waals surface area contributed by atoms with Crippen LogP contribution in [-0.4, -0.2) is 30.4 Å². The predicted octanol–water partition coefficient (Wildman–Crippen LogP) is 3.71. The van der Waals surface area contributed by atoms with E-state index < -0.39 is 15.8 Å². The van der Waals surface area contributed by atoms with Crippen molar-refractivity contribution in [3.8, 4) is 0 Å². The highest BCUT2D eigenvalue weighted by Crippen LogP contribution is 2.19. The van der Waals surface area contributed by atoms with E-state index in [1.807, 2.05) is 28.8 Å². The fraction of sp³-hybridized carbons (Fsp3) is 0.130. The van der Waals surface area contributed by atoms with Crippen molar-refractivity contribution < 1.29 is 17.6 Å². The first-order chi connectivity index (χ1) is 15.3. The van der Waals surface area contributed by atoms with Crippen molar-refractivity contribution in [3.63, 3.8) is 0 Å². The number of hydrogen-bond acceptors (Lipinski definition) is 4. The summed E-state index contributed by atoms with van der Waals surface area (Å²) in [6, 6.07) is 17.5. The molecule has 3 aromatic carbocycles. The quantitative estimate of drug-likeness (QED) is 0.447. The summed E-state index contributed by atoms with van der Waals surface area (Å²) < 4.78 is 43.2. The molecule has 9 heteroatoms. The number of aromatic nitrogens is 2. The van der Waals surface area contributed by atoms with Crippen molar-refractivity contribution in [1.82, 2.24) is 14.9 Å². The fourth-order valence-electron chi connectivity index (χ4n) is 3.26. The first kappa shape index (κ1) is 21.5. The zero-order chi connectivity index (χ0) is 22.7. The molecule has 32 heavy (non-hydrogen) atoms. The maximum atomic E-state index is 13.8. The van der Waals surface area contributed by atoms with Crippen LogP contribution >= 0.6 is 0 Å². The molecule has 164 valence electrons. The molecule has 0 fully saturated rings. The molecule has 0 radical (unpaired) electrons. The third-order valence-electron chi connectivity index (χ3n) is 5.00. The number of fused-ring (bicyclic) bond motifs is 1. The van der Waals surface area contributed by atoms with Gasteiger partial charge in [-0.3, -0.25) is 9.52 Å². The molecular weight excluding hydrogens is 431 g/mol. The third kappa shape index (κ3) is 4.62. The number of carbonyl (C=O) groups excluding carboxylic acids is 1. The van der Waals surface area contributed by atoms with E-state index in [2.05, 4.69) is 15.0 Å². The van der Waals surface area contributed by atoms with E-state index in [0.29, 0.717) is 24.2 Å². The number of imidazole rings is 1. The number of benzene rings is 3. The van der Waals surface area contributed by atoms with Gasteiger partial charge in [-0.05, 0) is 55.0 Å². The van der Waals surface area contributed by atoms with E-state index in [1.54, 1.807) is 25.4 Å². The summed E-state index contributed by atoms with van der Waals surface area (Å²) in [5.41, 5.74) is 2.72. The van der Waals surface area contributed by atoms with E-state index >= 15 is 0 Å². The van der Waals surface area contributed by atoms with Crippen LogP contribution in [0.3, 0.4) is 0 Å². The lowest BCUT2D eigenvalue weighted by Crippen LogP contribution is -2.27. The summed E-state index contributed by atoms with van der Waals surface area (Å²) >= 11 is 0. The van der Waals surface area contributed by atoms with Crippen LogP contribution < -0.4 is 10.0 Å². The smallest absolute Gasteiger partial charge is 0.261 e. The Morgan fingerprint density at radius 1 is 1.06 bits per heavy atom. The number of halogens is 1. The molecule has 1 aromatic heterocycles. The van der Waals surface area contributed by atoms with Gasteiger partial charge in [0.15, 0.2) is 0 Å². The Balaban J connectivity index is 1.41.